The van der Waals surface area contributed by atoms with E-state index in [0.29, 0.717) is 6.54 Å². The van der Waals surface area contributed by atoms with E-state index in [9.17, 15) is 0 Å². The van der Waals surface area contributed by atoms with Crippen LogP contribution < -0.4 is 5.73 Å². The van der Waals surface area contributed by atoms with Gasteiger partial charge in [-0.2, -0.15) is 0 Å². The summed E-state index contributed by atoms with van der Waals surface area (Å²) in [6.07, 6.45) is 22.6. The maximum absolute atomic E-state index is 4.79. The average molecular weight is 454 g/mol. The molecule has 0 aromatic carbocycles. The van der Waals surface area contributed by atoms with E-state index >= 15 is 0 Å². The van der Waals surface area contributed by atoms with Gasteiger partial charge in [0, 0.05) is 6.42 Å². The van der Waals surface area contributed by atoms with Crippen molar-refractivity contribution in [2.75, 3.05) is 6.54 Å². The molecule has 0 aromatic rings. The van der Waals surface area contributed by atoms with Crippen LogP contribution in [0.15, 0.2) is 10.2 Å². The summed E-state index contributed by atoms with van der Waals surface area (Å²) in [5.41, 5.74) is 4.79. The Bertz CT molecular complexity index is 310. The Morgan fingerprint density at radius 1 is 0.800 bits per heavy atom. The van der Waals surface area contributed by atoms with Crippen LogP contribution in [0.1, 0.15) is 86.0 Å². The molecule has 0 atom stereocenters. The maximum atomic E-state index is 4.79. The Morgan fingerprint density at radius 3 is 1.36 bits per heavy atom. The van der Waals surface area contributed by atoms with Crippen molar-refractivity contribution in [3.8, 4) is 24.7 Å². The van der Waals surface area contributed by atoms with Crippen LogP contribution >= 0.6 is 0 Å². The fourth-order valence-electron chi connectivity index (χ4n) is 2.58. The summed E-state index contributed by atoms with van der Waals surface area (Å²) in [5, 5.41) is 0. The second-order valence-electron chi connectivity index (χ2n) is 6.45. The number of allylic oxidation sites excluding steroid dienone is 1. The van der Waals surface area contributed by atoms with E-state index in [4.69, 9.17) is 12.2 Å². The molecule has 0 heterocycles. The average Bonchev–Trinajstić information content (AvgIpc) is 2.67. The Balaban J connectivity index is -0.000000503. The molecule has 1 nitrogen and oxygen atoms in total. The first-order valence-corrected chi connectivity index (χ1v) is 18.0. The van der Waals surface area contributed by atoms with Crippen molar-refractivity contribution < 1.29 is 0 Å². The molecule has 0 bridgehead atoms. The molecule has 0 amide bonds. The molecule has 0 radical (unpaired) electrons. The molecule has 0 spiro atoms. The fourth-order valence-corrected chi connectivity index (χ4v) is 17.3. The van der Waals surface area contributed by atoms with Crippen molar-refractivity contribution in [1.29, 1.82) is 0 Å². The van der Waals surface area contributed by atoms with Gasteiger partial charge in [-0.1, -0.05) is 12.8 Å². The zero-order valence-corrected chi connectivity index (χ0v) is 20.7. The van der Waals surface area contributed by atoms with Gasteiger partial charge in [-0.15, -0.1) is 18.8 Å². The fraction of sp³-hybridized carbons (Fsp3) is 0.739. The van der Waals surface area contributed by atoms with Gasteiger partial charge in [0.2, 0.25) is 0 Å². The van der Waals surface area contributed by atoms with Gasteiger partial charge < -0.3 is 5.73 Å². The Kier molecular flexibility index (Phi) is 30.4. The third-order valence-corrected chi connectivity index (χ3v) is 18.4. The molecule has 2 heteroatoms. The molecule has 0 saturated heterocycles. The van der Waals surface area contributed by atoms with E-state index in [1.807, 2.05) is 6.92 Å². The van der Waals surface area contributed by atoms with Crippen molar-refractivity contribution in [3.05, 3.63) is 10.2 Å². The van der Waals surface area contributed by atoms with Crippen molar-refractivity contribution >= 4 is 18.4 Å². The van der Waals surface area contributed by atoms with E-state index < -0.39 is 18.4 Å². The van der Waals surface area contributed by atoms with Crippen LogP contribution in [-0.4, -0.2) is 24.9 Å². The Morgan fingerprint density at radius 2 is 1.16 bits per heavy atom. The van der Waals surface area contributed by atoms with Gasteiger partial charge in [-0.3, -0.25) is 0 Å². The Hall–Kier alpha value is -0.381. The third-order valence-electron chi connectivity index (χ3n) is 4.11. The van der Waals surface area contributed by atoms with Crippen LogP contribution in [0.25, 0.3) is 0 Å². The van der Waals surface area contributed by atoms with E-state index in [2.05, 4.69) is 56.1 Å². The summed E-state index contributed by atoms with van der Waals surface area (Å²) >= 11 is -1.87. The zero-order chi connectivity index (χ0) is 19.8. The van der Waals surface area contributed by atoms with Crippen LogP contribution in [0.3, 0.4) is 0 Å². The van der Waals surface area contributed by atoms with Gasteiger partial charge in [-0.25, -0.2) is 0 Å². The molecule has 0 aromatic heterocycles. The van der Waals surface area contributed by atoms with Gasteiger partial charge in [-0.05, 0) is 0 Å². The molecule has 0 aliphatic carbocycles. The quantitative estimate of drug-likeness (QED) is 0.265. The number of nitrogens with two attached hydrogens (primary N) is 1. The summed E-state index contributed by atoms with van der Waals surface area (Å²) in [6, 6.07) is 0. The van der Waals surface area contributed by atoms with Gasteiger partial charge >= 0.3 is 114 Å². The zero-order valence-electron chi connectivity index (χ0n) is 17.9. The molecule has 0 fully saturated rings. The number of unbranched alkanes of at least 4 members (excludes halogenated alkanes) is 3. The van der Waals surface area contributed by atoms with Crippen molar-refractivity contribution in [2.24, 2.45) is 5.73 Å². The van der Waals surface area contributed by atoms with Gasteiger partial charge in [0.1, 0.15) is 0 Å². The van der Waals surface area contributed by atoms with Crippen LogP contribution in [-0.2, 0) is 0 Å². The number of hydrogen-bond donors (Lipinski definition) is 1. The summed E-state index contributed by atoms with van der Waals surface area (Å²) < 4.78 is 7.61. The molecule has 2 N–H and O–H groups in total. The summed E-state index contributed by atoms with van der Waals surface area (Å²) in [4.78, 5) is 0. The summed E-state index contributed by atoms with van der Waals surface area (Å²) in [7, 11) is 0. The van der Waals surface area contributed by atoms with Crippen LogP contribution in [0.5, 0.6) is 0 Å². The predicted octanol–water partition coefficient (Wildman–Crippen LogP) is 6.95. The van der Waals surface area contributed by atoms with Gasteiger partial charge in [0.15, 0.2) is 0 Å². The van der Waals surface area contributed by atoms with E-state index in [1.165, 1.54) is 44.9 Å². The van der Waals surface area contributed by atoms with Crippen molar-refractivity contribution in [3.63, 3.8) is 0 Å². The molecule has 0 unspecified atom stereocenters. The molecular weight excluding hydrogens is 409 g/mol. The third kappa shape index (κ3) is 23.6. The SMILES string of the molecule is C#CCC.C#CCN.CC/C=[CH]/[Sn]([CH2]CCC)([CH2]CCC)[CH2]CCC. The van der Waals surface area contributed by atoms with Crippen molar-refractivity contribution in [2.45, 2.75) is 99.3 Å². The first-order valence-electron chi connectivity index (χ1n) is 10.3. The van der Waals surface area contributed by atoms with Crippen LogP contribution in [0, 0.1) is 24.7 Å². The van der Waals surface area contributed by atoms with E-state index in [1.54, 1.807) is 13.3 Å². The van der Waals surface area contributed by atoms with Gasteiger partial charge in [0.25, 0.3) is 0 Å². The minimum absolute atomic E-state index is 0.347. The molecule has 25 heavy (non-hydrogen) atoms. The first kappa shape index (κ1) is 29.4. The number of rotatable bonds is 11. The molecule has 0 rings (SSSR count). The van der Waals surface area contributed by atoms with Gasteiger partial charge in [0.05, 0.1) is 6.54 Å². The van der Waals surface area contributed by atoms with Crippen LogP contribution in [0.2, 0.25) is 13.3 Å². The predicted molar refractivity (Wildman–Crippen MR) is 121 cm³/mol. The van der Waals surface area contributed by atoms with E-state index in [-0.39, 0.29) is 0 Å². The first-order chi connectivity index (χ1) is 12.1. The monoisotopic (exact) mass is 455 g/mol. The summed E-state index contributed by atoms with van der Waals surface area (Å²) in [5.74, 6) is 4.64. The topological polar surface area (TPSA) is 26.0 Å². The molecule has 146 valence electrons. The number of hydrogen-bond acceptors (Lipinski definition) is 1. The normalized spacial score (nSPS) is 10.1. The molecule has 0 saturated carbocycles. The van der Waals surface area contributed by atoms with Crippen LogP contribution in [0.4, 0.5) is 0 Å². The van der Waals surface area contributed by atoms with Crippen molar-refractivity contribution in [1.82, 2.24) is 0 Å². The summed E-state index contributed by atoms with van der Waals surface area (Å²) in [6.45, 7) is 11.6. The molecular formula is C23H45NSn. The standard InChI is InChI=1S/3C4H9.C4H7.C4H6.C3H5N.Sn/c5*1-3-4-2;1-2-3-4;/h3*1,3-4H2,2H3;1,3H,4H2,2H3;1H,4H2,2H3;1H,3-4H2;. The Labute approximate surface area is 164 Å². The number of terminal acetylenes is 2. The van der Waals surface area contributed by atoms with E-state index in [0.717, 1.165) is 6.42 Å². The second-order valence-corrected chi connectivity index (χ2v) is 19.5. The second kappa shape index (κ2) is 25.9. The molecule has 0 aliphatic heterocycles. The molecule has 0 aliphatic rings. The minimum atomic E-state index is -1.87.